The first-order chi connectivity index (χ1) is 9.63. The number of amides is 1. The average molecular weight is 278 g/mol. The molecule has 3 N–H and O–H groups in total. The maximum Gasteiger partial charge on any atom is 0.255 e. The van der Waals surface area contributed by atoms with E-state index < -0.39 is 5.82 Å². The summed E-state index contributed by atoms with van der Waals surface area (Å²) in [6, 6.07) is 3.62. The standard InChI is InChI=1S/C15H19FN2O2/c16-11-2-4-13(14(19)6-11)15(20)18-12-3-1-9-7-17-8-10(9)5-12/h2,4,6,9-10,12,17,19H,1,3,5,7-8H2,(H,18,20)/t9-,10+,12?/m0/s1. The molecule has 1 aliphatic carbocycles. The second-order valence-corrected chi connectivity index (χ2v) is 5.82. The molecule has 1 unspecified atom stereocenters. The van der Waals surface area contributed by atoms with Crippen LogP contribution in [-0.4, -0.2) is 30.1 Å². The number of aromatic hydroxyl groups is 1. The molecule has 3 atom stereocenters. The summed E-state index contributed by atoms with van der Waals surface area (Å²) < 4.78 is 12.9. The number of fused-ring (bicyclic) bond motifs is 1. The van der Waals surface area contributed by atoms with E-state index in [4.69, 9.17) is 0 Å². The van der Waals surface area contributed by atoms with Crippen LogP contribution >= 0.6 is 0 Å². The highest BCUT2D eigenvalue weighted by Gasteiger charge is 2.34. The molecule has 1 aliphatic heterocycles. The molecular weight excluding hydrogens is 259 g/mol. The molecule has 4 nitrogen and oxygen atoms in total. The lowest BCUT2D eigenvalue weighted by atomic mass is 9.79. The number of rotatable bonds is 2. The van der Waals surface area contributed by atoms with Crippen LogP contribution in [0.1, 0.15) is 29.6 Å². The van der Waals surface area contributed by atoms with Crippen LogP contribution < -0.4 is 10.6 Å². The van der Waals surface area contributed by atoms with Crippen molar-refractivity contribution in [3.05, 3.63) is 29.6 Å². The first kappa shape index (κ1) is 13.4. The van der Waals surface area contributed by atoms with Crippen LogP contribution in [0, 0.1) is 17.7 Å². The lowest BCUT2D eigenvalue weighted by Crippen LogP contribution is -2.40. The van der Waals surface area contributed by atoms with Gasteiger partial charge in [-0.25, -0.2) is 4.39 Å². The summed E-state index contributed by atoms with van der Waals surface area (Å²) in [5, 5.41) is 16.0. The molecule has 1 saturated carbocycles. The lowest BCUT2D eigenvalue weighted by molar-refractivity contribution is 0.0911. The molecule has 1 saturated heterocycles. The molecule has 0 radical (unpaired) electrons. The fourth-order valence-electron chi connectivity index (χ4n) is 3.39. The van der Waals surface area contributed by atoms with Crippen molar-refractivity contribution < 1.29 is 14.3 Å². The summed E-state index contributed by atoms with van der Waals surface area (Å²) in [5.41, 5.74) is 0.137. The zero-order valence-electron chi connectivity index (χ0n) is 11.2. The van der Waals surface area contributed by atoms with E-state index in [0.717, 1.165) is 44.3 Å². The SMILES string of the molecule is O=C(NC1CC[C@H]2CNC[C@H]2C1)c1ccc(F)cc1O. The van der Waals surface area contributed by atoms with Crippen molar-refractivity contribution in [2.24, 2.45) is 11.8 Å². The minimum atomic E-state index is -0.545. The Morgan fingerprint density at radius 2 is 2.10 bits per heavy atom. The van der Waals surface area contributed by atoms with E-state index in [1.54, 1.807) is 0 Å². The van der Waals surface area contributed by atoms with Gasteiger partial charge in [0.2, 0.25) is 0 Å². The van der Waals surface area contributed by atoms with Gasteiger partial charge in [-0.15, -0.1) is 0 Å². The molecule has 20 heavy (non-hydrogen) atoms. The van der Waals surface area contributed by atoms with Crippen molar-refractivity contribution in [2.45, 2.75) is 25.3 Å². The Morgan fingerprint density at radius 3 is 2.90 bits per heavy atom. The third-order valence-corrected chi connectivity index (χ3v) is 4.49. The highest BCUT2D eigenvalue weighted by Crippen LogP contribution is 2.32. The minimum Gasteiger partial charge on any atom is -0.507 e. The normalized spacial score (nSPS) is 28.9. The van der Waals surface area contributed by atoms with E-state index in [2.05, 4.69) is 10.6 Å². The van der Waals surface area contributed by atoms with E-state index >= 15 is 0 Å². The second-order valence-electron chi connectivity index (χ2n) is 5.82. The molecule has 1 amide bonds. The summed E-state index contributed by atoms with van der Waals surface area (Å²) in [5.74, 6) is 0.199. The highest BCUT2D eigenvalue weighted by atomic mass is 19.1. The fourth-order valence-corrected chi connectivity index (χ4v) is 3.39. The molecule has 108 valence electrons. The van der Waals surface area contributed by atoms with Crippen molar-refractivity contribution in [3.8, 4) is 5.75 Å². The fraction of sp³-hybridized carbons (Fsp3) is 0.533. The lowest BCUT2D eigenvalue weighted by Gasteiger charge is -2.31. The molecule has 3 rings (SSSR count). The number of halogens is 1. The van der Waals surface area contributed by atoms with Gasteiger partial charge in [0.1, 0.15) is 11.6 Å². The quantitative estimate of drug-likeness (QED) is 0.771. The molecule has 1 heterocycles. The van der Waals surface area contributed by atoms with Crippen LogP contribution in [-0.2, 0) is 0 Å². The van der Waals surface area contributed by atoms with Gasteiger partial charge in [-0.05, 0) is 56.3 Å². The number of carbonyl (C=O) groups excluding carboxylic acids is 1. The van der Waals surface area contributed by atoms with Gasteiger partial charge in [0.05, 0.1) is 5.56 Å². The molecule has 0 aromatic heterocycles. The van der Waals surface area contributed by atoms with Crippen molar-refractivity contribution >= 4 is 5.91 Å². The van der Waals surface area contributed by atoms with E-state index in [1.165, 1.54) is 12.1 Å². The Hall–Kier alpha value is -1.62. The first-order valence-corrected chi connectivity index (χ1v) is 7.13. The number of phenols is 1. The van der Waals surface area contributed by atoms with Crippen LogP contribution in [0.2, 0.25) is 0 Å². The summed E-state index contributed by atoms with van der Waals surface area (Å²) in [7, 11) is 0. The Bertz CT molecular complexity index is 521. The highest BCUT2D eigenvalue weighted by molar-refractivity contribution is 5.96. The van der Waals surface area contributed by atoms with E-state index in [0.29, 0.717) is 5.92 Å². The minimum absolute atomic E-state index is 0.137. The largest absolute Gasteiger partial charge is 0.507 e. The predicted molar refractivity (Wildman–Crippen MR) is 73.0 cm³/mol. The van der Waals surface area contributed by atoms with Gasteiger partial charge in [0, 0.05) is 12.1 Å². The van der Waals surface area contributed by atoms with Crippen LogP contribution in [0.5, 0.6) is 5.75 Å². The molecular formula is C15H19FN2O2. The molecule has 5 heteroatoms. The van der Waals surface area contributed by atoms with Gasteiger partial charge >= 0.3 is 0 Å². The van der Waals surface area contributed by atoms with Crippen molar-refractivity contribution in [2.75, 3.05) is 13.1 Å². The topological polar surface area (TPSA) is 61.4 Å². The maximum atomic E-state index is 12.9. The third kappa shape index (κ3) is 2.63. The van der Waals surface area contributed by atoms with Crippen molar-refractivity contribution in [1.29, 1.82) is 0 Å². The molecule has 2 fully saturated rings. The Kier molecular flexibility index (Phi) is 3.61. The average Bonchev–Trinajstić information content (AvgIpc) is 2.85. The Morgan fingerprint density at radius 1 is 1.30 bits per heavy atom. The number of carbonyl (C=O) groups is 1. The Balaban J connectivity index is 1.64. The molecule has 1 aromatic rings. The van der Waals surface area contributed by atoms with E-state index in [9.17, 15) is 14.3 Å². The van der Waals surface area contributed by atoms with Crippen LogP contribution in [0.25, 0.3) is 0 Å². The van der Waals surface area contributed by atoms with E-state index in [-0.39, 0.29) is 23.3 Å². The summed E-state index contributed by atoms with van der Waals surface area (Å²) in [4.78, 5) is 12.1. The molecule has 0 spiro atoms. The third-order valence-electron chi connectivity index (χ3n) is 4.49. The first-order valence-electron chi connectivity index (χ1n) is 7.13. The summed E-state index contributed by atoms with van der Waals surface area (Å²) in [6.07, 6.45) is 3.07. The number of hydrogen-bond acceptors (Lipinski definition) is 3. The van der Waals surface area contributed by atoms with Gasteiger partial charge in [0.15, 0.2) is 0 Å². The van der Waals surface area contributed by atoms with Crippen LogP contribution in [0.4, 0.5) is 4.39 Å². The van der Waals surface area contributed by atoms with Crippen molar-refractivity contribution in [3.63, 3.8) is 0 Å². The predicted octanol–water partition coefficient (Wildman–Crippen LogP) is 1.65. The maximum absolute atomic E-state index is 12.9. The molecule has 2 aliphatic rings. The van der Waals surface area contributed by atoms with Gasteiger partial charge < -0.3 is 15.7 Å². The van der Waals surface area contributed by atoms with Gasteiger partial charge in [0.25, 0.3) is 5.91 Å². The van der Waals surface area contributed by atoms with Crippen LogP contribution in [0.3, 0.4) is 0 Å². The summed E-state index contributed by atoms with van der Waals surface area (Å²) >= 11 is 0. The van der Waals surface area contributed by atoms with Crippen LogP contribution in [0.15, 0.2) is 18.2 Å². The van der Waals surface area contributed by atoms with Gasteiger partial charge in [-0.3, -0.25) is 4.79 Å². The molecule has 1 aromatic carbocycles. The summed E-state index contributed by atoms with van der Waals surface area (Å²) in [6.45, 7) is 2.11. The molecule has 0 bridgehead atoms. The Labute approximate surface area is 117 Å². The number of phenolic OH excluding ortho intramolecular Hbond substituents is 1. The zero-order chi connectivity index (χ0) is 14.1. The van der Waals surface area contributed by atoms with E-state index in [1.807, 2.05) is 0 Å². The van der Waals surface area contributed by atoms with Gasteiger partial charge in [-0.2, -0.15) is 0 Å². The number of nitrogens with one attached hydrogen (secondary N) is 2. The number of benzene rings is 1. The smallest absolute Gasteiger partial charge is 0.255 e. The zero-order valence-corrected chi connectivity index (χ0v) is 11.2. The number of hydrogen-bond donors (Lipinski definition) is 3. The van der Waals surface area contributed by atoms with Crippen molar-refractivity contribution in [1.82, 2.24) is 10.6 Å². The monoisotopic (exact) mass is 278 g/mol. The second kappa shape index (κ2) is 5.40. The van der Waals surface area contributed by atoms with Gasteiger partial charge in [-0.1, -0.05) is 0 Å².